The quantitative estimate of drug-likeness (QED) is 0.719. The summed E-state index contributed by atoms with van der Waals surface area (Å²) >= 11 is 1.25. The lowest BCUT2D eigenvalue weighted by Gasteiger charge is -2.30. The number of carbonyl (C=O) groups is 2. The summed E-state index contributed by atoms with van der Waals surface area (Å²) in [6.07, 6.45) is 0.411. The van der Waals surface area contributed by atoms with Crippen LogP contribution in [-0.2, 0) is 14.8 Å². The van der Waals surface area contributed by atoms with Crippen LogP contribution in [0.3, 0.4) is 0 Å². The van der Waals surface area contributed by atoms with Crippen LogP contribution in [0.25, 0.3) is 0 Å². The highest BCUT2D eigenvalue weighted by molar-refractivity contribution is 7.89. The summed E-state index contributed by atoms with van der Waals surface area (Å²) in [6.45, 7) is 3.54. The number of nitrogens with one attached hydrogen (secondary N) is 1. The minimum Gasteiger partial charge on any atom is -0.365 e. The van der Waals surface area contributed by atoms with E-state index in [0.29, 0.717) is 16.6 Å². The van der Waals surface area contributed by atoms with Gasteiger partial charge in [-0.1, -0.05) is 0 Å². The molecule has 7 nitrogen and oxygen atoms in total. The number of sulfonamides is 1. The molecule has 0 aliphatic carbocycles. The van der Waals surface area contributed by atoms with E-state index in [4.69, 9.17) is 5.73 Å². The molecule has 0 spiro atoms. The summed E-state index contributed by atoms with van der Waals surface area (Å²) in [5.41, 5.74) is 6.39. The summed E-state index contributed by atoms with van der Waals surface area (Å²) in [5, 5.41) is 3.10. The van der Waals surface area contributed by atoms with Crippen LogP contribution in [0.2, 0.25) is 0 Å². The number of hydrogen-bond acceptors (Lipinski definition) is 5. The molecule has 1 saturated heterocycles. The van der Waals surface area contributed by atoms with Gasteiger partial charge in [-0.15, -0.1) is 11.3 Å². The van der Waals surface area contributed by atoms with Crippen molar-refractivity contribution >= 4 is 38.2 Å². The summed E-state index contributed by atoms with van der Waals surface area (Å²) in [7, 11) is -4.22. The van der Waals surface area contributed by atoms with Crippen molar-refractivity contribution < 1.29 is 26.8 Å². The first kappa shape index (κ1) is 22.3. The lowest BCUT2D eigenvalue weighted by atomic mass is 9.97. The number of nitrogens with zero attached hydrogens (tertiary/aromatic N) is 1. The van der Waals surface area contributed by atoms with E-state index in [1.165, 1.54) is 11.3 Å². The predicted octanol–water partition coefficient (Wildman–Crippen LogP) is 2.78. The van der Waals surface area contributed by atoms with Crippen molar-refractivity contribution in [3.05, 3.63) is 45.8 Å². The Morgan fingerprint density at radius 3 is 2.43 bits per heavy atom. The number of amides is 2. The first-order valence-electron chi connectivity index (χ1n) is 9.18. The fourth-order valence-corrected chi connectivity index (χ4v) is 6.01. The fraction of sp³-hybridized carbons (Fsp3) is 0.368. The molecule has 0 unspecified atom stereocenters. The van der Waals surface area contributed by atoms with E-state index in [1.54, 1.807) is 6.92 Å². The van der Waals surface area contributed by atoms with Gasteiger partial charge >= 0.3 is 0 Å². The molecule has 0 radical (unpaired) electrons. The number of carbonyl (C=O) groups excluding carboxylic acids is 2. The molecule has 2 aromatic rings. The average Bonchev–Trinajstić information content (AvgIpc) is 2.97. The number of primary amides is 1. The number of halogens is 2. The molecule has 0 atom stereocenters. The lowest BCUT2D eigenvalue weighted by molar-refractivity contribution is -0.120. The molecule has 0 saturated carbocycles. The number of anilines is 1. The zero-order valence-electron chi connectivity index (χ0n) is 16.4. The molecule has 2 heterocycles. The zero-order valence-corrected chi connectivity index (χ0v) is 18.0. The lowest BCUT2D eigenvalue weighted by Crippen LogP contribution is -2.41. The van der Waals surface area contributed by atoms with E-state index >= 15 is 0 Å². The molecule has 162 valence electrons. The van der Waals surface area contributed by atoms with Gasteiger partial charge in [0.2, 0.25) is 15.9 Å². The second-order valence-corrected chi connectivity index (χ2v) is 10.2. The van der Waals surface area contributed by atoms with Crippen molar-refractivity contribution in [3.8, 4) is 0 Å². The van der Waals surface area contributed by atoms with Crippen molar-refractivity contribution in [2.75, 3.05) is 18.4 Å². The van der Waals surface area contributed by atoms with Gasteiger partial charge in [-0.05, 0) is 50.5 Å². The molecular weight excluding hydrogens is 436 g/mol. The normalized spacial score (nSPS) is 15.9. The smallest absolute Gasteiger partial charge is 0.251 e. The van der Waals surface area contributed by atoms with Gasteiger partial charge in [0.25, 0.3) is 5.91 Å². The van der Waals surface area contributed by atoms with Crippen molar-refractivity contribution in [2.24, 2.45) is 11.7 Å². The highest BCUT2D eigenvalue weighted by atomic mass is 32.2. The minimum atomic E-state index is -4.22. The van der Waals surface area contributed by atoms with Gasteiger partial charge < -0.3 is 11.1 Å². The van der Waals surface area contributed by atoms with Gasteiger partial charge in [-0.25, -0.2) is 17.2 Å². The summed E-state index contributed by atoms with van der Waals surface area (Å²) in [6, 6.07) is 2.26. The molecule has 2 amide bonds. The molecule has 1 aliphatic rings. The number of thiophene rings is 1. The maximum atomic E-state index is 13.9. The van der Waals surface area contributed by atoms with Crippen LogP contribution in [-0.4, -0.2) is 37.6 Å². The van der Waals surface area contributed by atoms with Crippen molar-refractivity contribution in [1.29, 1.82) is 0 Å². The van der Waals surface area contributed by atoms with Crippen LogP contribution in [0.1, 0.15) is 33.6 Å². The van der Waals surface area contributed by atoms with E-state index in [0.717, 1.165) is 21.3 Å². The number of aryl methyl sites for hydroxylation is 1. The van der Waals surface area contributed by atoms with Gasteiger partial charge in [0.05, 0.1) is 5.56 Å². The third-order valence-corrected chi connectivity index (χ3v) is 8.24. The number of nitrogens with two attached hydrogens (primary N) is 1. The predicted molar refractivity (Wildman–Crippen MR) is 109 cm³/mol. The van der Waals surface area contributed by atoms with Crippen molar-refractivity contribution in [2.45, 2.75) is 31.6 Å². The highest BCUT2D eigenvalue weighted by Crippen LogP contribution is 2.33. The van der Waals surface area contributed by atoms with Crippen LogP contribution in [0.5, 0.6) is 0 Å². The second-order valence-electron chi connectivity index (χ2n) is 7.09. The second kappa shape index (κ2) is 8.40. The van der Waals surface area contributed by atoms with Crippen LogP contribution in [0, 0.1) is 31.4 Å². The Hall–Kier alpha value is -2.37. The first-order valence-corrected chi connectivity index (χ1v) is 11.4. The molecule has 1 aromatic heterocycles. The molecule has 30 heavy (non-hydrogen) atoms. The third kappa shape index (κ3) is 4.23. The topological polar surface area (TPSA) is 110 Å². The van der Waals surface area contributed by atoms with E-state index < -0.39 is 38.4 Å². The van der Waals surface area contributed by atoms with Crippen LogP contribution < -0.4 is 11.1 Å². The van der Waals surface area contributed by atoms with E-state index in [2.05, 4.69) is 5.32 Å². The van der Waals surface area contributed by atoms with Gasteiger partial charge in [0, 0.05) is 23.9 Å². The number of piperidine rings is 1. The van der Waals surface area contributed by atoms with Crippen LogP contribution in [0.15, 0.2) is 23.1 Å². The molecular formula is C19H21F2N3O4S2. The number of rotatable bonds is 5. The number of hydrogen-bond donors (Lipinski definition) is 2. The van der Waals surface area contributed by atoms with E-state index in [-0.39, 0.29) is 37.4 Å². The van der Waals surface area contributed by atoms with Crippen LogP contribution in [0.4, 0.5) is 13.8 Å². The first-order chi connectivity index (χ1) is 14.0. The van der Waals surface area contributed by atoms with Crippen molar-refractivity contribution in [3.63, 3.8) is 0 Å². The Bertz CT molecular complexity index is 1110. The average molecular weight is 458 g/mol. The molecule has 3 rings (SSSR count). The Labute approximate surface area is 176 Å². The van der Waals surface area contributed by atoms with Gasteiger partial charge in [0.15, 0.2) is 0 Å². The van der Waals surface area contributed by atoms with Gasteiger partial charge in [-0.3, -0.25) is 9.59 Å². The summed E-state index contributed by atoms with van der Waals surface area (Å²) in [5.74, 6) is -3.34. The Balaban J connectivity index is 1.70. The highest BCUT2D eigenvalue weighted by Gasteiger charge is 2.34. The van der Waals surface area contributed by atoms with Gasteiger partial charge in [0.1, 0.15) is 21.5 Å². The Kier molecular flexibility index (Phi) is 6.25. The fourth-order valence-electron chi connectivity index (χ4n) is 3.40. The molecule has 3 N–H and O–H groups in total. The monoisotopic (exact) mass is 457 g/mol. The minimum absolute atomic E-state index is 0.0124. The van der Waals surface area contributed by atoms with Gasteiger partial charge in [-0.2, -0.15) is 4.31 Å². The summed E-state index contributed by atoms with van der Waals surface area (Å²) < 4.78 is 53.7. The molecule has 1 fully saturated rings. The van der Waals surface area contributed by atoms with Crippen molar-refractivity contribution in [1.82, 2.24) is 4.31 Å². The maximum Gasteiger partial charge on any atom is 0.251 e. The Morgan fingerprint density at radius 2 is 1.83 bits per heavy atom. The number of benzene rings is 1. The van der Waals surface area contributed by atoms with E-state index in [9.17, 15) is 26.8 Å². The Morgan fingerprint density at radius 1 is 1.20 bits per heavy atom. The van der Waals surface area contributed by atoms with E-state index in [1.807, 2.05) is 6.92 Å². The largest absolute Gasteiger partial charge is 0.365 e. The molecule has 1 aliphatic heterocycles. The van der Waals surface area contributed by atoms with Crippen LogP contribution >= 0.6 is 11.3 Å². The summed E-state index contributed by atoms with van der Waals surface area (Å²) in [4.78, 5) is 24.5. The molecule has 11 heteroatoms. The maximum absolute atomic E-state index is 13.9. The zero-order chi connectivity index (χ0) is 22.2. The SMILES string of the molecule is Cc1sc(NC(=O)C2CCN(S(=O)(=O)c3cc(F)ccc3F)CC2)c(C(N)=O)c1C. The molecule has 0 bridgehead atoms. The standard InChI is InChI=1S/C19H21F2N3O4S2/c1-10-11(2)29-19(16(10)17(22)25)23-18(26)12-5-7-24(8-6-12)30(27,28)15-9-13(20)3-4-14(15)21/h3-4,9,12H,5-8H2,1-2H3,(H2,22,25)(H,23,26). The molecule has 1 aromatic carbocycles. The third-order valence-electron chi connectivity index (χ3n) is 5.20.